The quantitative estimate of drug-likeness (QED) is 0.658. The molecule has 0 radical (unpaired) electrons. The molecular formula is C22H24N4O4. The molecular weight excluding hydrogens is 384 g/mol. The van der Waals surface area contributed by atoms with E-state index in [2.05, 4.69) is 16.0 Å². The fourth-order valence-corrected chi connectivity index (χ4v) is 3.41. The van der Waals surface area contributed by atoms with Gasteiger partial charge in [-0.2, -0.15) is 0 Å². The highest BCUT2D eigenvalue weighted by Crippen LogP contribution is 2.29. The van der Waals surface area contributed by atoms with Crippen molar-refractivity contribution < 1.29 is 19.2 Å². The third kappa shape index (κ3) is 3.76. The largest absolute Gasteiger partial charge is 0.355 e. The molecule has 0 spiro atoms. The smallest absolute Gasteiger partial charge is 0.325 e. The highest BCUT2D eigenvalue weighted by Gasteiger charge is 2.49. The Balaban J connectivity index is 1.76. The van der Waals surface area contributed by atoms with E-state index in [1.165, 1.54) is 7.05 Å². The molecule has 2 aromatic carbocycles. The lowest BCUT2D eigenvalue weighted by molar-refractivity contribution is -0.133. The van der Waals surface area contributed by atoms with Gasteiger partial charge in [0.1, 0.15) is 12.1 Å². The number of carbonyl (C=O) groups excluding carboxylic acids is 4. The molecule has 0 aliphatic carbocycles. The van der Waals surface area contributed by atoms with Crippen LogP contribution in [0.2, 0.25) is 0 Å². The predicted octanol–water partition coefficient (Wildman–Crippen LogP) is 2.07. The van der Waals surface area contributed by atoms with Gasteiger partial charge in [-0.15, -0.1) is 0 Å². The first-order valence-corrected chi connectivity index (χ1v) is 9.50. The molecule has 8 heteroatoms. The van der Waals surface area contributed by atoms with E-state index >= 15 is 0 Å². The predicted molar refractivity (Wildman–Crippen MR) is 112 cm³/mol. The molecule has 0 saturated carbocycles. The lowest BCUT2D eigenvalue weighted by atomic mass is 9.91. The number of rotatable bonds is 5. The molecule has 5 amide bonds. The second-order valence-corrected chi connectivity index (χ2v) is 7.42. The highest BCUT2D eigenvalue weighted by molar-refractivity contribution is 6.10. The van der Waals surface area contributed by atoms with Crippen molar-refractivity contribution in [2.24, 2.45) is 0 Å². The normalized spacial score (nSPS) is 18.2. The zero-order chi connectivity index (χ0) is 22.1. The Morgan fingerprint density at radius 3 is 2.37 bits per heavy atom. The molecule has 2 aromatic rings. The van der Waals surface area contributed by atoms with Crippen molar-refractivity contribution in [3.8, 4) is 0 Å². The number of nitrogens with one attached hydrogen (secondary N) is 3. The first-order valence-electron chi connectivity index (χ1n) is 9.50. The third-order valence-electron chi connectivity index (χ3n) is 5.29. The molecule has 1 heterocycles. The van der Waals surface area contributed by atoms with Gasteiger partial charge in [-0.25, -0.2) is 4.79 Å². The van der Waals surface area contributed by atoms with Gasteiger partial charge >= 0.3 is 6.03 Å². The molecule has 1 fully saturated rings. The number of urea groups is 1. The zero-order valence-corrected chi connectivity index (χ0v) is 17.3. The molecule has 1 aliphatic rings. The SMILES string of the molecule is CNC(=O)c1cccc(NC(=O)CN2C(=O)NC(C)(c3ccc(C)cc3)C2=O)c1C. The van der Waals surface area contributed by atoms with Gasteiger partial charge < -0.3 is 16.0 Å². The molecule has 0 aromatic heterocycles. The van der Waals surface area contributed by atoms with Crippen LogP contribution in [-0.2, 0) is 15.1 Å². The lowest BCUT2D eigenvalue weighted by Crippen LogP contribution is -2.42. The number of benzene rings is 2. The minimum Gasteiger partial charge on any atom is -0.355 e. The van der Waals surface area contributed by atoms with Gasteiger partial charge in [0.05, 0.1) is 0 Å². The van der Waals surface area contributed by atoms with Crippen molar-refractivity contribution in [2.75, 3.05) is 18.9 Å². The Kier molecular flexibility index (Phi) is 5.60. The molecule has 1 saturated heterocycles. The van der Waals surface area contributed by atoms with E-state index < -0.39 is 29.9 Å². The summed E-state index contributed by atoms with van der Waals surface area (Å²) in [7, 11) is 1.52. The Morgan fingerprint density at radius 1 is 1.07 bits per heavy atom. The minimum atomic E-state index is -1.24. The van der Waals surface area contributed by atoms with Gasteiger partial charge in [-0.3, -0.25) is 19.3 Å². The van der Waals surface area contributed by atoms with E-state index in [4.69, 9.17) is 0 Å². The summed E-state index contributed by atoms with van der Waals surface area (Å²) in [6, 6.07) is 11.6. The summed E-state index contributed by atoms with van der Waals surface area (Å²) in [5.74, 6) is -1.31. The molecule has 30 heavy (non-hydrogen) atoms. The fraction of sp³-hybridized carbons (Fsp3) is 0.273. The summed E-state index contributed by atoms with van der Waals surface area (Å²) in [6.07, 6.45) is 0. The first-order chi connectivity index (χ1) is 14.2. The van der Waals surface area contributed by atoms with Crippen LogP contribution in [0.15, 0.2) is 42.5 Å². The van der Waals surface area contributed by atoms with Crippen molar-refractivity contribution in [3.63, 3.8) is 0 Å². The van der Waals surface area contributed by atoms with Gasteiger partial charge in [-0.1, -0.05) is 35.9 Å². The van der Waals surface area contributed by atoms with Crippen LogP contribution in [0.3, 0.4) is 0 Å². The first kappa shape index (κ1) is 21.0. The van der Waals surface area contributed by atoms with Gasteiger partial charge in [0, 0.05) is 18.3 Å². The average Bonchev–Trinajstić information content (AvgIpc) is 2.93. The monoisotopic (exact) mass is 408 g/mol. The number of hydrogen-bond acceptors (Lipinski definition) is 4. The van der Waals surface area contributed by atoms with E-state index in [9.17, 15) is 19.2 Å². The maximum atomic E-state index is 13.0. The maximum absolute atomic E-state index is 13.0. The van der Waals surface area contributed by atoms with Crippen molar-refractivity contribution in [2.45, 2.75) is 26.3 Å². The molecule has 1 atom stereocenters. The topological polar surface area (TPSA) is 108 Å². The van der Waals surface area contributed by atoms with Crippen LogP contribution in [0, 0.1) is 13.8 Å². The number of amides is 5. The van der Waals surface area contributed by atoms with Crippen LogP contribution < -0.4 is 16.0 Å². The number of imide groups is 1. The molecule has 1 aliphatic heterocycles. The van der Waals surface area contributed by atoms with E-state index in [0.717, 1.165) is 10.5 Å². The number of nitrogens with zero attached hydrogens (tertiary/aromatic N) is 1. The van der Waals surface area contributed by atoms with Crippen molar-refractivity contribution in [3.05, 3.63) is 64.7 Å². The Morgan fingerprint density at radius 2 is 1.73 bits per heavy atom. The van der Waals surface area contributed by atoms with Gasteiger partial charge in [0.2, 0.25) is 5.91 Å². The van der Waals surface area contributed by atoms with Crippen LogP contribution in [0.25, 0.3) is 0 Å². The van der Waals surface area contributed by atoms with Gasteiger partial charge in [0.15, 0.2) is 0 Å². The summed E-state index contributed by atoms with van der Waals surface area (Å²) in [5.41, 5.74) is 1.90. The molecule has 156 valence electrons. The lowest BCUT2D eigenvalue weighted by Gasteiger charge is -2.22. The summed E-state index contributed by atoms with van der Waals surface area (Å²) in [5, 5.41) is 7.91. The number of anilines is 1. The molecule has 3 rings (SSSR count). The minimum absolute atomic E-state index is 0.272. The van der Waals surface area contributed by atoms with Gasteiger partial charge in [0.25, 0.3) is 11.8 Å². The second kappa shape index (κ2) is 7.98. The summed E-state index contributed by atoms with van der Waals surface area (Å²) < 4.78 is 0. The fourth-order valence-electron chi connectivity index (χ4n) is 3.41. The van der Waals surface area contributed by atoms with Crippen molar-refractivity contribution in [1.29, 1.82) is 0 Å². The van der Waals surface area contributed by atoms with Crippen LogP contribution >= 0.6 is 0 Å². The number of hydrogen-bond donors (Lipinski definition) is 3. The van der Waals surface area contributed by atoms with E-state index in [1.807, 2.05) is 19.1 Å². The van der Waals surface area contributed by atoms with E-state index in [-0.39, 0.29) is 5.91 Å². The average molecular weight is 408 g/mol. The van der Waals surface area contributed by atoms with Crippen molar-refractivity contribution >= 4 is 29.4 Å². The highest BCUT2D eigenvalue weighted by atomic mass is 16.2. The van der Waals surface area contributed by atoms with Crippen LogP contribution in [0.4, 0.5) is 10.5 Å². The van der Waals surface area contributed by atoms with Crippen LogP contribution in [0.1, 0.15) is 34.0 Å². The third-order valence-corrected chi connectivity index (χ3v) is 5.29. The molecule has 8 nitrogen and oxygen atoms in total. The van der Waals surface area contributed by atoms with Gasteiger partial charge in [-0.05, 0) is 44.0 Å². The standard InChI is InChI=1S/C22H24N4O4/c1-13-8-10-15(11-9-13)22(3)20(29)26(21(30)25-22)12-18(27)24-17-7-5-6-16(14(17)2)19(28)23-4/h5-11H,12H2,1-4H3,(H,23,28)(H,24,27)(H,25,30). The zero-order valence-electron chi connectivity index (χ0n) is 17.3. The van der Waals surface area contributed by atoms with E-state index in [0.29, 0.717) is 22.4 Å². The Hall–Kier alpha value is -3.68. The van der Waals surface area contributed by atoms with Crippen LogP contribution in [-0.4, -0.2) is 42.2 Å². The van der Waals surface area contributed by atoms with E-state index in [1.54, 1.807) is 44.2 Å². The summed E-state index contributed by atoms with van der Waals surface area (Å²) >= 11 is 0. The molecule has 0 bridgehead atoms. The maximum Gasteiger partial charge on any atom is 0.325 e. The number of aryl methyl sites for hydroxylation is 1. The van der Waals surface area contributed by atoms with Crippen LogP contribution in [0.5, 0.6) is 0 Å². The Labute approximate surface area is 174 Å². The molecule has 1 unspecified atom stereocenters. The summed E-state index contributed by atoms with van der Waals surface area (Å²) in [4.78, 5) is 50.8. The second-order valence-electron chi connectivity index (χ2n) is 7.42. The van der Waals surface area contributed by atoms with Crippen molar-refractivity contribution in [1.82, 2.24) is 15.5 Å². The molecule has 3 N–H and O–H groups in total. The number of carbonyl (C=O) groups is 4. The summed E-state index contributed by atoms with van der Waals surface area (Å²) in [6.45, 7) is 4.82. The Bertz CT molecular complexity index is 1030.